The van der Waals surface area contributed by atoms with Gasteiger partial charge in [0, 0.05) is 0 Å². The number of nitrogens with one attached hydrogen (secondary N) is 2. The Kier molecular flexibility index (Phi) is 2.75. The van der Waals surface area contributed by atoms with E-state index in [1.54, 1.807) is 0 Å². The van der Waals surface area contributed by atoms with Crippen LogP contribution in [0.15, 0.2) is 0 Å². The minimum Gasteiger partial charge on any atom is -0.363 e. The number of alkyl halides is 6. The summed E-state index contributed by atoms with van der Waals surface area (Å²) in [5, 5.41) is 19.6. The summed E-state index contributed by atoms with van der Waals surface area (Å²) in [6.07, 6.45) is -13.3. The van der Waals surface area contributed by atoms with E-state index in [9.17, 15) is 31.1 Å². The lowest BCUT2D eigenvalue weighted by Gasteiger charge is -2.43. The Balaban J connectivity index is 3.14. The van der Waals surface area contributed by atoms with Gasteiger partial charge in [0.05, 0.1) is 6.42 Å². The molecule has 1 aliphatic heterocycles. The van der Waals surface area contributed by atoms with Gasteiger partial charge < -0.3 is 20.8 Å². The zero-order chi connectivity index (χ0) is 13.7. The van der Waals surface area contributed by atoms with Crippen LogP contribution in [0.2, 0.25) is 0 Å². The standard InChI is InChI=1S/C6H6F6N2O3/c7-5(8,9)3(16)1-4(17,6(10,11)12)14-2(15)13-3/h16-17H,1H2,(H2,13,14,15)/t3-,4+. The molecule has 11 heteroatoms. The van der Waals surface area contributed by atoms with Crippen molar-refractivity contribution in [1.82, 2.24) is 10.6 Å². The van der Waals surface area contributed by atoms with E-state index in [4.69, 9.17) is 10.2 Å². The number of hydrogen-bond acceptors (Lipinski definition) is 3. The molecule has 0 aromatic rings. The van der Waals surface area contributed by atoms with E-state index in [2.05, 4.69) is 0 Å². The normalized spacial score (nSPS) is 35.2. The molecule has 17 heavy (non-hydrogen) atoms. The minimum atomic E-state index is -5.57. The summed E-state index contributed by atoms with van der Waals surface area (Å²) >= 11 is 0. The zero-order valence-corrected chi connectivity index (χ0v) is 7.78. The summed E-state index contributed by atoms with van der Waals surface area (Å²) in [6.45, 7) is 0. The van der Waals surface area contributed by atoms with Crippen molar-refractivity contribution in [1.29, 1.82) is 0 Å². The highest BCUT2D eigenvalue weighted by atomic mass is 19.4. The molecule has 0 aromatic carbocycles. The Hall–Kier alpha value is -1.23. The lowest BCUT2D eigenvalue weighted by molar-refractivity contribution is -0.333. The van der Waals surface area contributed by atoms with Crippen LogP contribution in [-0.2, 0) is 0 Å². The first kappa shape index (κ1) is 13.8. The molecule has 0 aliphatic carbocycles. The second kappa shape index (κ2) is 3.38. The summed E-state index contributed by atoms with van der Waals surface area (Å²) in [4.78, 5) is 10.6. The van der Waals surface area contributed by atoms with Crippen molar-refractivity contribution < 1.29 is 41.4 Å². The fourth-order valence-electron chi connectivity index (χ4n) is 1.21. The summed E-state index contributed by atoms with van der Waals surface area (Å²) in [5.74, 6) is 0. The van der Waals surface area contributed by atoms with Gasteiger partial charge in [0.1, 0.15) is 0 Å². The van der Waals surface area contributed by atoms with Crippen molar-refractivity contribution in [3.63, 3.8) is 0 Å². The van der Waals surface area contributed by atoms with Gasteiger partial charge in [-0.2, -0.15) is 26.3 Å². The van der Waals surface area contributed by atoms with Crippen LogP contribution < -0.4 is 10.6 Å². The molecule has 2 atom stereocenters. The fourth-order valence-corrected chi connectivity index (χ4v) is 1.21. The number of rotatable bonds is 0. The summed E-state index contributed by atoms with van der Waals surface area (Å²) in [7, 11) is 0. The molecule has 0 unspecified atom stereocenters. The molecular weight excluding hydrogens is 262 g/mol. The first-order valence-corrected chi connectivity index (χ1v) is 3.99. The highest BCUT2D eigenvalue weighted by Gasteiger charge is 2.68. The summed E-state index contributed by atoms with van der Waals surface area (Å²) < 4.78 is 73.6. The first-order chi connectivity index (χ1) is 7.31. The topological polar surface area (TPSA) is 81.6 Å². The van der Waals surface area contributed by atoms with Crippen molar-refractivity contribution in [3.05, 3.63) is 0 Å². The number of urea groups is 1. The van der Waals surface area contributed by atoms with Gasteiger partial charge in [0.25, 0.3) is 0 Å². The molecule has 4 N–H and O–H groups in total. The number of carbonyl (C=O) groups excluding carboxylic acids is 1. The predicted octanol–water partition coefficient (Wildman–Crippen LogP) is 0.191. The lowest BCUT2D eigenvalue weighted by atomic mass is 9.96. The third kappa shape index (κ3) is 2.24. The number of hydrogen-bond donors (Lipinski definition) is 4. The van der Waals surface area contributed by atoms with Crippen molar-refractivity contribution in [2.24, 2.45) is 0 Å². The van der Waals surface area contributed by atoms with Gasteiger partial charge in [-0.25, -0.2) is 4.79 Å². The molecule has 1 fully saturated rings. The number of carbonyl (C=O) groups is 1. The third-order valence-electron chi connectivity index (χ3n) is 2.09. The monoisotopic (exact) mass is 268 g/mol. The Morgan fingerprint density at radius 3 is 1.47 bits per heavy atom. The van der Waals surface area contributed by atoms with E-state index in [1.165, 1.54) is 0 Å². The molecule has 0 spiro atoms. The molecule has 0 aromatic heterocycles. The SMILES string of the molecule is O=C1N[C@@](O)(C(F)(F)F)C[C@@](O)(C(F)(F)F)N1. The number of halogens is 6. The van der Waals surface area contributed by atoms with E-state index in [-0.39, 0.29) is 0 Å². The van der Waals surface area contributed by atoms with Crippen molar-refractivity contribution >= 4 is 6.03 Å². The highest BCUT2D eigenvalue weighted by Crippen LogP contribution is 2.41. The molecule has 1 heterocycles. The molecular formula is C6H6F6N2O3. The molecule has 1 saturated heterocycles. The molecule has 0 radical (unpaired) electrons. The van der Waals surface area contributed by atoms with E-state index >= 15 is 0 Å². The van der Waals surface area contributed by atoms with Crippen LogP contribution in [0, 0.1) is 0 Å². The lowest BCUT2D eigenvalue weighted by Crippen LogP contribution is -2.76. The smallest absolute Gasteiger partial charge is 0.363 e. The van der Waals surface area contributed by atoms with E-state index in [0.29, 0.717) is 0 Å². The molecule has 0 saturated carbocycles. The van der Waals surface area contributed by atoms with Crippen LogP contribution in [0.4, 0.5) is 31.1 Å². The minimum absolute atomic E-state index is 0.880. The average molecular weight is 268 g/mol. The third-order valence-corrected chi connectivity index (χ3v) is 2.09. The molecule has 2 amide bonds. The van der Waals surface area contributed by atoms with Crippen molar-refractivity contribution in [2.45, 2.75) is 30.2 Å². The van der Waals surface area contributed by atoms with Gasteiger partial charge in [-0.3, -0.25) is 0 Å². The van der Waals surface area contributed by atoms with Gasteiger partial charge in [-0.05, 0) is 0 Å². The predicted molar refractivity (Wildman–Crippen MR) is 38.3 cm³/mol. The second-order valence-corrected chi connectivity index (χ2v) is 3.47. The van der Waals surface area contributed by atoms with Gasteiger partial charge >= 0.3 is 18.4 Å². The Morgan fingerprint density at radius 2 is 1.24 bits per heavy atom. The summed E-state index contributed by atoms with van der Waals surface area (Å²) in [5.41, 5.74) is -8.31. The van der Waals surface area contributed by atoms with Gasteiger partial charge in [0.15, 0.2) is 0 Å². The van der Waals surface area contributed by atoms with E-state index < -0.39 is 36.3 Å². The maximum Gasteiger partial charge on any atom is 0.436 e. The van der Waals surface area contributed by atoms with Crippen LogP contribution in [-0.4, -0.2) is 40.0 Å². The van der Waals surface area contributed by atoms with Gasteiger partial charge in [-0.15, -0.1) is 0 Å². The van der Waals surface area contributed by atoms with Crippen LogP contribution in [0.5, 0.6) is 0 Å². The van der Waals surface area contributed by atoms with E-state index in [1.807, 2.05) is 0 Å². The number of aliphatic hydroxyl groups is 2. The maximum absolute atomic E-state index is 12.3. The van der Waals surface area contributed by atoms with E-state index in [0.717, 1.165) is 10.6 Å². The molecule has 0 bridgehead atoms. The average Bonchev–Trinajstić information content (AvgIpc) is 1.96. The quantitative estimate of drug-likeness (QED) is 0.473. The fraction of sp³-hybridized carbons (Fsp3) is 0.833. The Morgan fingerprint density at radius 1 is 0.941 bits per heavy atom. The Bertz CT molecular complexity index is 312. The largest absolute Gasteiger partial charge is 0.436 e. The first-order valence-electron chi connectivity index (χ1n) is 3.99. The molecule has 5 nitrogen and oxygen atoms in total. The van der Waals surface area contributed by atoms with Crippen LogP contribution >= 0.6 is 0 Å². The molecule has 1 aliphatic rings. The second-order valence-electron chi connectivity index (χ2n) is 3.47. The highest BCUT2D eigenvalue weighted by molar-refractivity contribution is 5.76. The maximum atomic E-state index is 12.3. The Labute approximate surface area is 89.4 Å². The van der Waals surface area contributed by atoms with Crippen LogP contribution in [0.25, 0.3) is 0 Å². The van der Waals surface area contributed by atoms with Crippen LogP contribution in [0.1, 0.15) is 6.42 Å². The van der Waals surface area contributed by atoms with Crippen molar-refractivity contribution in [3.8, 4) is 0 Å². The van der Waals surface area contributed by atoms with Gasteiger partial charge in [0.2, 0.25) is 11.4 Å². The molecule has 100 valence electrons. The van der Waals surface area contributed by atoms with Gasteiger partial charge in [-0.1, -0.05) is 0 Å². The molecule has 1 rings (SSSR count). The summed E-state index contributed by atoms with van der Waals surface area (Å²) in [6, 6.07) is -1.99. The van der Waals surface area contributed by atoms with Crippen molar-refractivity contribution in [2.75, 3.05) is 0 Å². The van der Waals surface area contributed by atoms with Crippen LogP contribution in [0.3, 0.4) is 0 Å². The number of amides is 2. The zero-order valence-electron chi connectivity index (χ0n) is 7.78.